The van der Waals surface area contributed by atoms with Crippen LogP contribution in [0.1, 0.15) is 95.4 Å². The Labute approximate surface area is 207 Å². The standard InChI is InChI=1S/C26H50N6O2/c1-16(2)21(17(3)4)29-31-23(33)27-15-26(11)13-20(12-25(9,10)14-26)28-24(34)32-30-22(18(5)6)19(7)8/h16-20H,12-15H2,1-11H3,(H2,27,31,33)(H2,28,32,34). The van der Waals surface area contributed by atoms with E-state index in [1.165, 1.54) is 0 Å². The molecule has 1 saturated carbocycles. The molecule has 8 nitrogen and oxygen atoms in total. The average molecular weight is 479 g/mol. The number of hydrogen-bond donors (Lipinski definition) is 4. The fourth-order valence-corrected chi connectivity index (χ4v) is 5.50. The molecular formula is C26H50N6O2. The maximum Gasteiger partial charge on any atom is 0.335 e. The van der Waals surface area contributed by atoms with E-state index in [0.29, 0.717) is 6.54 Å². The molecule has 0 aromatic heterocycles. The van der Waals surface area contributed by atoms with Gasteiger partial charge in [-0.15, -0.1) is 0 Å². The first-order valence-electron chi connectivity index (χ1n) is 12.8. The molecule has 0 heterocycles. The van der Waals surface area contributed by atoms with Crippen LogP contribution in [0.2, 0.25) is 0 Å². The molecular weight excluding hydrogens is 428 g/mol. The normalized spacial score (nSPS) is 21.9. The SMILES string of the molecule is CC(C)C(=NNC(=O)NCC1(C)CC(NC(=O)NN=C(C(C)C)C(C)C)CC(C)(C)C1)C(C)C. The minimum absolute atomic E-state index is 0.00173. The van der Waals surface area contributed by atoms with Crippen molar-refractivity contribution >= 4 is 23.5 Å². The van der Waals surface area contributed by atoms with Crippen LogP contribution in [-0.2, 0) is 0 Å². The largest absolute Gasteiger partial charge is 0.336 e. The Balaban J connectivity index is 2.76. The number of hydrazone groups is 2. The number of urea groups is 2. The molecule has 1 rings (SSSR count). The molecule has 0 saturated heterocycles. The fourth-order valence-electron chi connectivity index (χ4n) is 5.50. The zero-order valence-electron chi connectivity index (χ0n) is 23.4. The number of hydrogen-bond acceptors (Lipinski definition) is 4. The van der Waals surface area contributed by atoms with Crippen molar-refractivity contribution in [3.63, 3.8) is 0 Å². The van der Waals surface area contributed by atoms with Crippen LogP contribution in [-0.4, -0.2) is 36.1 Å². The number of nitrogens with one attached hydrogen (secondary N) is 4. The predicted octanol–water partition coefficient (Wildman–Crippen LogP) is 5.51. The van der Waals surface area contributed by atoms with E-state index in [2.05, 4.69) is 108 Å². The first-order chi connectivity index (χ1) is 15.5. The predicted molar refractivity (Wildman–Crippen MR) is 142 cm³/mol. The van der Waals surface area contributed by atoms with E-state index in [0.717, 1.165) is 30.7 Å². The molecule has 2 unspecified atom stereocenters. The summed E-state index contributed by atoms with van der Waals surface area (Å²) in [4.78, 5) is 25.0. The lowest BCUT2D eigenvalue weighted by Crippen LogP contribution is -2.52. The highest BCUT2D eigenvalue weighted by Crippen LogP contribution is 2.45. The second-order valence-electron chi connectivity index (χ2n) is 12.3. The van der Waals surface area contributed by atoms with Crippen molar-refractivity contribution in [1.82, 2.24) is 21.5 Å². The minimum atomic E-state index is -0.296. The lowest BCUT2D eigenvalue weighted by atomic mass is 9.62. The van der Waals surface area contributed by atoms with E-state index in [9.17, 15) is 9.59 Å². The highest BCUT2D eigenvalue weighted by atomic mass is 16.2. The van der Waals surface area contributed by atoms with Crippen molar-refractivity contribution in [2.45, 2.75) is 101 Å². The van der Waals surface area contributed by atoms with Gasteiger partial charge in [0.1, 0.15) is 0 Å². The summed E-state index contributed by atoms with van der Waals surface area (Å²) >= 11 is 0. The topological polar surface area (TPSA) is 107 Å². The van der Waals surface area contributed by atoms with E-state index < -0.39 is 0 Å². The number of amides is 4. The second kappa shape index (κ2) is 12.5. The molecule has 8 heteroatoms. The lowest BCUT2D eigenvalue weighted by molar-refractivity contribution is 0.0749. The van der Waals surface area contributed by atoms with E-state index in [1.807, 2.05) is 0 Å². The van der Waals surface area contributed by atoms with Gasteiger partial charge in [-0.05, 0) is 53.8 Å². The van der Waals surface area contributed by atoms with Crippen molar-refractivity contribution in [2.75, 3.05) is 6.54 Å². The van der Waals surface area contributed by atoms with Crippen molar-refractivity contribution in [3.8, 4) is 0 Å². The summed E-state index contributed by atoms with van der Waals surface area (Å²) in [6.45, 7) is 23.7. The minimum Gasteiger partial charge on any atom is -0.336 e. The molecule has 1 aliphatic rings. The monoisotopic (exact) mass is 478 g/mol. The van der Waals surface area contributed by atoms with Gasteiger partial charge in [-0.2, -0.15) is 10.2 Å². The highest BCUT2D eigenvalue weighted by Gasteiger charge is 2.42. The zero-order chi connectivity index (χ0) is 26.3. The molecule has 0 aromatic rings. The van der Waals surface area contributed by atoms with Gasteiger partial charge in [-0.25, -0.2) is 20.4 Å². The van der Waals surface area contributed by atoms with Gasteiger partial charge >= 0.3 is 12.1 Å². The molecule has 0 aliphatic heterocycles. The van der Waals surface area contributed by atoms with Gasteiger partial charge in [0.25, 0.3) is 0 Å². The van der Waals surface area contributed by atoms with Crippen LogP contribution >= 0.6 is 0 Å². The molecule has 0 radical (unpaired) electrons. The summed E-state index contributed by atoms with van der Waals surface area (Å²) in [6.07, 6.45) is 2.61. The van der Waals surface area contributed by atoms with Gasteiger partial charge in [0.2, 0.25) is 0 Å². The van der Waals surface area contributed by atoms with Crippen LogP contribution in [0.3, 0.4) is 0 Å². The maximum atomic E-state index is 12.6. The smallest absolute Gasteiger partial charge is 0.335 e. The molecule has 4 N–H and O–H groups in total. The summed E-state index contributed by atoms with van der Waals surface area (Å²) in [7, 11) is 0. The molecule has 0 spiro atoms. The fraction of sp³-hybridized carbons (Fsp3) is 0.846. The first-order valence-corrected chi connectivity index (χ1v) is 12.8. The van der Waals surface area contributed by atoms with Crippen LogP contribution in [0, 0.1) is 34.5 Å². The highest BCUT2D eigenvalue weighted by molar-refractivity contribution is 5.89. The van der Waals surface area contributed by atoms with E-state index in [1.54, 1.807) is 0 Å². The summed E-state index contributed by atoms with van der Waals surface area (Å²) in [6, 6.07) is -0.574. The van der Waals surface area contributed by atoms with Crippen LogP contribution in [0.25, 0.3) is 0 Å². The lowest BCUT2D eigenvalue weighted by Gasteiger charge is -2.46. The van der Waals surface area contributed by atoms with Gasteiger partial charge in [0, 0.05) is 24.0 Å². The summed E-state index contributed by atoms with van der Waals surface area (Å²) in [5, 5.41) is 14.8. The van der Waals surface area contributed by atoms with Crippen molar-refractivity contribution in [2.24, 2.45) is 44.7 Å². The third-order valence-corrected chi connectivity index (χ3v) is 6.39. The van der Waals surface area contributed by atoms with Crippen LogP contribution in [0.4, 0.5) is 9.59 Å². The summed E-state index contributed by atoms with van der Waals surface area (Å²) in [5.74, 6) is 1.10. The number of carbonyl (C=O) groups is 2. The van der Waals surface area contributed by atoms with E-state index in [4.69, 9.17) is 0 Å². The molecule has 0 aromatic carbocycles. The molecule has 1 aliphatic carbocycles. The average Bonchev–Trinajstić information content (AvgIpc) is 2.64. The Bertz CT molecular complexity index is 734. The Morgan fingerprint density at radius 3 is 1.65 bits per heavy atom. The van der Waals surface area contributed by atoms with E-state index in [-0.39, 0.29) is 52.6 Å². The summed E-state index contributed by atoms with van der Waals surface area (Å²) < 4.78 is 0. The van der Waals surface area contributed by atoms with Gasteiger partial charge in [0.05, 0.1) is 0 Å². The quantitative estimate of drug-likeness (QED) is 0.259. The molecule has 0 bridgehead atoms. The Morgan fingerprint density at radius 1 is 0.765 bits per heavy atom. The van der Waals surface area contributed by atoms with Crippen LogP contribution in [0.15, 0.2) is 10.2 Å². The third kappa shape index (κ3) is 10.0. The van der Waals surface area contributed by atoms with Crippen LogP contribution in [0.5, 0.6) is 0 Å². The van der Waals surface area contributed by atoms with Gasteiger partial charge in [-0.1, -0.05) is 76.2 Å². The molecule has 196 valence electrons. The number of rotatable bonds is 9. The van der Waals surface area contributed by atoms with Crippen molar-refractivity contribution in [1.29, 1.82) is 0 Å². The molecule has 4 amide bonds. The van der Waals surface area contributed by atoms with E-state index >= 15 is 0 Å². The third-order valence-electron chi connectivity index (χ3n) is 6.39. The zero-order valence-corrected chi connectivity index (χ0v) is 23.4. The molecule has 1 fully saturated rings. The van der Waals surface area contributed by atoms with Gasteiger partial charge in [-0.3, -0.25) is 0 Å². The molecule has 34 heavy (non-hydrogen) atoms. The maximum absolute atomic E-state index is 12.6. The van der Waals surface area contributed by atoms with Crippen LogP contribution < -0.4 is 21.5 Å². The number of nitrogens with zero attached hydrogens (tertiary/aromatic N) is 2. The van der Waals surface area contributed by atoms with Crippen molar-refractivity contribution in [3.05, 3.63) is 0 Å². The van der Waals surface area contributed by atoms with Gasteiger partial charge in [0.15, 0.2) is 0 Å². The Hall–Kier alpha value is -2.12. The second-order valence-corrected chi connectivity index (χ2v) is 12.3. The first kappa shape index (κ1) is 29.9. The van der Waals surface area contributed by atoms with Gasteiger partial charge < -0.3 is 10.6 Å². The Morgan fingerprint density at radius 2 is 1.21 bits per heavy atom. The number of carbonyl (C=O) groups excluding carboxylic acids is 2. The molecule has 2 atom stereocenters. The summed E-state index contributed by atoms with van der Waals surface area (Å²) in [5.41, 5.74) is 7.17. The van der Waals surface area contributed by atoms with Crippen molar-refractivity contribution < 1.29 is 9.59 Å². The Kier molecular flexibility index (Phi) is 11.0.